The number of nitrogens with one attached hydrogen (secondary N) is 1. The summed E-state index contributed by atoms with van der Waals surface area (Å²) in [5.74, 6) is -0.111. The van der Waals surface area contributed by atoms with E-state index in [9.17, 15) is 9.59 Å². The van der Waals surface area contributed by atoms with E-state index in [1.807, 2.05) is 24.3 Å². The van der Waals surface area contributed by atoms with Gasteiger partial charge in [0.05, 0.1) is 11.1 Å². The van der Waals surface area contributed by atoms with Crippen molar-refractivity contribution in [3.63, 3.8) is 0 Å². The maximum absolute atomic E-state index is 11.8. The average molecular weight is 382 g/mol. The summed E-state index contributed by atoms with van der Waals surface area (Å²) in [5.41, 5.74) is 0. The van der Waals surface area contributed by atoms with E-state index in [1.165, 1.54) is 10.9 Å². The third-order valence-electron chi connectivity index (χ3n) is 2.85. The van der Waals surface area contributed by atoms with Gasteiger partial charge in [-0.2, -0.15) is 5.10 Å². The van der Waals surface area contributed by atoms with Gasteiger partial charge in [0.1, 0.15) is 12.3 Å². The van der Waals surface area contributed by atoms with Crippen LogP contribution < -0.4 is 10.1 Å². The summed E-state index contributed by atoms with van der Waals surface area (Å²) in [6.45, 7) is 0.180. The molecular weight excluding hydrogens is 366 g/mol. The largest absolute Gasteiger partial charge is 0.492 e. The summed E-state index contributed by atoms with van der Waals surface area (Å²) in [6.07, 6.45) is 2.35. The van der Waals surface area contributed by atoms with Crippen molar-refractivity contribution in [3.05, 3.63) is 41.0 Å². The Balaban J connectivity index is 1.70. The van der Waals surface area contributed by atoms with Crippen molar-refractivity contribution in [3.8, 4) is 5.75 Å². The molecular formula is C15H16BrN3O4. The van der Waals surface area contributed by atoms with E-state index >= 15 is 0 Å². The molecule has 0 saturated carbocycles. The molecule has 0 radical (unpaired) electrons. The van der Waals surface area contributed by atoms with Crippen molar-refractivity contribution in [2.45, 2.75) is 19.4 Å². The van der Waals surface area contributed by atoms with Gasteiger partial charge >= 0.3 is 5.97 Å². The molecule has 0 fully saturated rings. The van der Waals surface area contributed by atoms with Crippen molar-refractivity contribution in [2.24, 2.45) is 0 Å². The SMILES string of the molecule is O=C(O)Cn1ccc(NC(=O)CCCOc2ccccc2Br)n1. The normalized spacial score (nSPS) is 10.3. The Morgan fingerprint density at radius 2 is 2.09 bits per heavy atom. The van der Waals surface area contributed by atoms with E-state index in [-0.39, 0.29) is 18.9 Å². The second-order valence-corrected chi connectivity index (χ2v) is 5.58. The van der Waals surface area contributed by atoms with Crippen molar-refractivity contribution in [1.29, 1.82) is 0 Å². The first-order valence-corrected chi connectivity index (χ1v) is 7.76. The molecule has 23 heavy (non-hydrogen) atoms. The molecule has 0 unspecified atom stereocenters. The lowest BCUT2D eigenvalue weighted by Gasteiger charge is -2.07. The minimum Gasteiger partial charge on any atom is -0.492 e. The van der Waals surface area contributed by atoms with Gasteiger partial charge in [0.15, 0.2) is 5.82 Å². The Hall–Kier alpha value is -2.35. The molecule has 122 valence electrons. The molecule has 1 aromatic heterocycles. The molecule has 0 aliphatic carbocycles. The van der Waals surface area contributed by atoms with Crippen molar-refractivity contribution in [2.75, 3.05) is 11.9 Å². The summed E-state index contributed by atoms with van der Waals surface area (Å²) >= 11 is 3.38. The highest BCUT2D eigenvalue weighted by molar-refractivity contribution is 9.10. The predicted octanol–water partition coefficient (Wildman–Crippen LogP) is 2.53. The Kier molecular flexibility index (Phi) is 6.16. The van der Waals surface area contributed by atoms with Crippen molar-refractivity contribution in [1.82, 2.24) is 9.78 Å². The highest BCUT2D eigenvalue weighted by Crippen LogP contribution is 2.23. The van der Waals surface area contributed by atoms with Crippen LogP contribution in [0.1, 0.15) is 12.8 Å². The number of halogens is 1. The van der Waals surface area contributed by atoms with Crippen LogP contribution in [0.4, 0.5) is 5.82 Å². The van der Waals surface area contributed by atoms with Gasteiger partial charge in [-0.25, -0.2) is 0 Å². The highest BCUT2D eigenvalue weighted by Gasteiger charge is 2.07. The zero-order valence-electron chi connectivity index (χ0n) is 12.2. The number of aliphatic carboxylic acids is 1. The predicted molar refractivity (Wildman–Crippen MR) is 87.4 cm³/mol. The van der Waals surface area contributed by atoms with Gasteiger partial charge in [-0.15, -0.1) is 0 Å². The number of para-hydroxylation sites is 1. The number of anilines is 1. The van der Waals surface area contributed by atoms with Crippen LogP contribution in [0, 0.1) is 0 Å². The number of benzene rings is 1. The molecule has 2 aromatic rings. The van der Waals surface area contributed by atoms with Gasteiger partial charge in [-0.05, 0) is 34.5 Å². The first-order chi connectivity index (χ1) is 11.0. The number of hydrogen-bond donors (Lipinski definition) is 2. The second-order valence-electron chi connectivity index (χ2n) is 4.72. The van der Waals surface area contributed by atoms with Crippen molar-refractivity contribution < 1.29 is 19.4 Å². The molecule has 1 aromatic carbocycles. The number of ether oxygens (including phenoxy) is 1. The number of nitrogens with zero attached hydrogens (tertiary/aromatic N) is 2. The number of carbonyl (C=O) groups is 2. The number of hydrogen-bond acceptors (Lipinski definition) is 4. The van der Waals surface area contributed by atoms with Crippen LogP contribution in [0.25, 0.3) is 0 Å². The number of rotatable bonds is 8. The number of carboxylic acids is 1. The van der Waals surface area contributed by atoms with E-state index in [1.54, 1.807) is 6.07 Å². The highest BCUT2D eigenvalue weighted by atomic mass is 79.9. The lowest BCUT2D eigenvalue weighted by Crippen LogP contribution is -2.14. The van der Waals surface area contributed by atoms with E-state index in [0.29, 0.717) is 18.8 Å². The number of carbonyl (C=O) groups excluding carboxylic acids is 1. The van der Waals surface area contributed by atoms with Crippen LogP contribution in [0.2, 0.25) is 0 Å². The van der Waals surface area contributed by atoms with E-state index in [2.05, 4.69) is 26.3 Å². The third kappa shape index (κ3) is 5.74. The Morgan fingerprint density at radius 3 is 2.83 bits per heavy atom. The molecule has 2 rings (SSSR count). The van der Waals surface area contributed by atoms with Crippen LogP contribution in [-0.2, 0) is 16.1 Å². The van der Waals surface area contributed by atoms with Crippen molar-refractivity contribution >= 4 is 33.6 Å². The number of amides is 1. The number of carboxylic acid groups (broad SMARTS) is 1. The summed E-state index contributed by atoms with van der Waals surface area (Å²) in [6, 6.07) is 9.06. The standard InChI is InChI=1S/C15H16BrN3O4/c16-11-4-1-2-5-12(11)23-9-3-6-14(20)17-13-7-8-19(18-13)10-15(21)22/h1-2,4-5,7-8H,3,6,9-10H2,(H,21,22)(H,17,18,20). The quantitative estimate of drug-likeness (QED) is 0.685. The fourth-order valence-electron chi connectivity index (χ4n) is 1.84. The molecule has 0 saturated heterocycles. The summed E-state index contributed by atoms with van der Waals surface area (Å²) in [4.78, 5) is 22.3. The van der Waals surface area contributed by atoms with E-state index < -0.39 is 5.97 Å². The van der Waals surface area contributed by atoms with Gasteiger partial charge in [0.25, 0.3) is 0 Å². The molecule has 1 amide bonds. The second kappa shape index (κ2) is 8.33. The van der Waals surface area contributed by atoms with Crippen LogP contribution in [-0.4, -0.2) is 33.4 Å². The summed E-state index contributed by atoms with van der Waals surface area (Å²) in [5, 5.41) is 15.2. The first kappa shape index (κ1) is 17.0. The van der Waals surface area contributed by atoms with Crippen LogP contribution in [0.3, 0.4) is 0 Å². The fraction of sp³-hybridized carbons (Fsp3) is 0.267. The third-order valence-corrected chi connectivity index (χ3v) is 3.50. The minimum atomic E-state index is -0.991. The van der Waals surface area contributed by atoms with Gasteiger partial charge in [0.2, 0.25) is 5.91 Å². The molecule has 0 aliphatic heterocycles. The zero-order chi connectivity index (χ0) is 16.7. The van der Waals surface area contributed by atoms with Gasteiger partial charge in [-0.3, -0.25) is 14.3 Å². The van der Waals surface area contributed by atoms with Gasteiger partial charge in [-0.1, -0.05) is 12.1 Å². The fourth-order valence-corrected chi connectivity index (χ4v) is 2.24. The lowest BCUT2D eigenvalue weighted by atomic mass is 10.3. The summed E-state index contributed by atoms with van der Waals surface area (Å²) < 4.78 is 7.69. The Labute approximate surface area is 141 Å². The Bertz CT molecular complexity index is 687. The smallest absolute Gasteiger partial charge is 0.325 e. The molecule has 7 nitrogen and oxygen atoms in total. The topological polar surface area (TPSA) is 93.5 Å². The number of aromatic nitrogens is 2. The molecule has 0 aliphatic rings. The monoisotopic (exact) mass is 381 g/mol. The maximum atomic E-state index is 11.8. The van der Waals surface area contributed by atoms with Crippen LogP contribution >= 0.6 is 15.9 Å². The molecule has 2 N–H and O–H groups in total. The maximum Gasteiger partial charge on any atom is 0.325 e. The lowest BCUT2D eigenvalue weighted by molar-refractivity contribution is -0.137. The zero-order valence-corrected chi connectivity index (χ0v) is 13.8. The molecule has 1 heterocycles. The average Bonchev–Trinajstić information content (AvgIpc) is 2.91. The molecule has 0 bridgehead atoms. The van der Waals surface area contributed by atoms with E-state index in [0.717, 1.165) is 10.2 Å². The molecule has 8 heteroatoms. The van der Waals surface area contributed by atoms with Gasteiger partial charge < -0.3 is 15.2 Å². The first-order valence-electron chi connectivity index (χ1n) is 6.97. The summed E-state index contributed by atoms with van der Waals surface area (Å²) in [7, 11) is 0. The van der Waals surface area contributed by atoms with Crippen LogP contribution in [0.5, 0.6) is 5.75 Å². The molecule has 0 atom stereocenters. The van der Waals surface area contributed by atoms with E-state index in [4.69, 9.17) is 9.84 Å². The minimum absolute atomic E-state index is 0.193. The van der Waals surface area contributed by atoms with Gasteiger partial charge in [0, 0.05) is 18.7 Å². The molecule has 0 spiro atoms. The Morgan fingerprint density at radius 1 is 1.30 bits per heavy atom. The van der Waals surface area contributed by atoms with Crippen LogP contribution in [0.15, 0.2) is 41.0 Å².